The highest BCUT2D eigenvalue weighted by Crippen LogP contribution is 2.27. The monoisotopic (exact) mass is 352 g/mol. The van der Waals surface area contributed by atoms with E-state index in [-0.39, 0.29) is 0 Å². The van der Waals surface area contributed by atoms with E-state index in [1.54, 1.807) is 0 Å². The number of aliphatic hydroxyl groups excluding tert-OH is 1. The summed E-state index contributed by atoms with van der Waals surface area (Å²) >= 11 is 0. The van der Waals surface area contributed by atoms with Crippen LogP contribution < -0.4 is 22.9 Å². The maximum atomic E-state index is 11.0. The van der Waals surface area contributed by atoms with Gasteiger partial charge in [0.2, 0.25) is 0 Å². The average molecular weight is 352 g/mol. The third kappa shape index (κ3) is 5.33. The maximum absolute atomic E-state index is 11.0. The molecule has 0 radical (unpaired) electrons. The number of aliphatic hydroxyl groups is 1. The van der Waals surface area contributed by atoms with Crippen LogP contribution in [0, 0.1) is 0 Å². The first-order chi connectivity index (χ1) is 11.1. The lowest BCUT2D eigenvalue weighted by molar-refractivity contribution is -0.282. The van der Waals surface area contributed by atoms with Crippen molar-refractivity contribution in [3.63, 3.8) is 0 Å². The van der Waals surface area contributed by atoms with Crippen molar-refractivity contribution in [2.75, 3.05) is 6.61 Å². The Morgan fingerprint density at radius 2 is 1.25 bits per heavy atom. The lowest BCUT2D eigenvalue weighted by atomic mass is 9.98. The van der Waals surface area contributed by atoms with Gasteiger partial charge in [-0.1, -0.05) is 0 Å². The molecule has 1 saturated heterocycles. The molecule has 0 aliphatic carbocycles. The molecule has 136 valence electrons. The minimum absolute atomic E-state index is 0.619. The summed E-state index contributed by atoms with van der Waals surface area (Å²) in [4.78, 5) is 43.7. The molecule has 0 aromatic heterocycles. The van der Waals surface area contributed by atoms with Gasteiger partial charge < -0.3 is 51.7 Å². The van der Waals surface area contributed by atoms with Crippen LogP contribution in [0.5, 0.6) is 0 Å². The van der Waals surface area contributed by atoms with Crippen molar-refractivity contribution >= 4 is 24.4 Å². The third-order valence-corrected chi connectivity index (χ3v) is 2.76. The van der Waals surface area contributed by atoms with Gasteiger partial charge in [-0.05, 0) is 0 Å². The molecule has 14 nitrogen and oxygen atoms in total. The normalized spacial score (nSPS) is 29.1. The molecule has 1 fully saturated rings. The molecule has 14 heteroatoms. The fourth-order valence-corrected chi connectivity index (χ4v) is 2.00. The molecule has 0 aromatic carbocycles. The van der Waals surface area contributed by atoms with E-state index in [1.165, 1.54) is 0 Å². The Morgan fingerprint density at radius 1 is 0.792 bits per heavy atom. The summed E-state index contributed by atoms with van der Waals surface area (Å²) in [5.74, 6) is 0. The Kier molecular flexibility index (Phi) is 6.37. The minimum Gasteiger partial charge on any atom is -0.447 e. The van der Waals surface area contributed by atoms with Gasteiger partial charge in [-0.25, -0.2) is 19.2 Å². The summed E-state index contributed by atoms with van der Waals surface area (Å²) in [7, 11) is 0. The lowest BCUT2D eigenvalue weighted by Crippen LogP contribution is -2.63. The van der Waals surface area contributed by atoms with Gasteiger partial charge in [0.25, 0.3) is 0 Å². The van der Waals surface area contributed by atoms with Crippen molar-refractivity contribution in [1.29, 1.82) is 0 Å². The topological polar surface area (TPSA) is 239 Å². The van der Waals surface area contributed by atoms with Crippen molar-refractivity contribution in [3.8, 4) is 0 Å². The molecule has 1 aliphatic heterocycles. The summed E-state index contributed by atoms with van der Waals surface area (Å²) in [6.45, 7) is -0.619. The van der Waals surface area contributed by atoms with E-state index in [4.69, 9.17) is 32.4 Å². The minimum atomic E-state index is -1.89. The van der Waals surface area contributed by atoms with Crippen molar-refractivity contribution in [1.82, 2.24) is 0 Å². The highest BCUT2D eigenvalue weighted by atomic mass is 16.7. The highest BCUT2D eigenvalue weighted by molar-refractivity contribution is 5.67. The quantitative estimate of drug-likeness (QED) is 0.318. The van der Waals surface area contributed by atoms with E-state index in [0.29, 0.717) is 0 Å². The van der Waals surface area contributed by atoms with Gasteiger partial charge in [-0.3, -0.25) is 0 Å². The van der Waals surface area contributed by atoms with Crippen molar-refractivity contribution < 1.29 is 48.0 Å². The average Bonchev–Trinajstić information content (AvgIpc) is 2.42. The SMILES string of the molecule is NC(=O)OCC1OC(O)C(OC(N)=O)C(OC(N)=O)C1OC(N)=O. The molecule has 4 amide bonds. The molecule has 24 heavy (non-hydrogen) atoms. The number of ether oxygens (including phenoxy) is 5. The molecule has 1 heterocycles. The molecule has 0 spiro atoms. The second-order valence-corrected chi connectivity index (χ2v) is 4.40. The molecule has 0 aromatic rings. The van der Waals surface area contributed by atoms with Crippen LogP contribution in [0.3, 0.4) is 0 Å². The second kappa shape index (κ2) is 8.02. The van der Waals surface area contributed by atoms with Crippen molar-refractivity contribution in [2.24, 2.45) is 22.9 Å². The number of rotatable bonds is 5. The molecule has 0 bridgehead atoms. The number of carbonyl (C=O) groups is 4. The van der Waals surface area contributed by atoms with Gasteiger partial charge in [-0.15, -0.1) is 0 Å². The van der Waals surface area contributed by atoms with Crippen LogP contribution in [0.1, 0.15) is 0 Å². The lowest BCUT2D eigenvalue weighted by Gasteiger charge is -2.41. The first-order valence-electron chi connectivity index (χ1n) is 6.25. The van der Waals surface area contributed by atoms with E-state index in [2.05, 4.69) is 14.2 Å². The summed E-state index contributed by atoms with van der Waals surface area (Å²) in [5.41, 5.74) is 19.4. The Bertz CT molecular complexity index is 514. The van der Waals surface area contributed by atoms with Crippen LogP contribution in [-0.4, -0.2) is 66.8 Å². The fraction of sp³-hybridized carbons (Fsp3) is 0.600. The molecular formula is C10H16N4O10. The smallest absolute Gasteiger partial charge is 0.405 e. The molecular weight excluding hydrogens is 336 g/mol. The van der Waals surface area contributed by atoms with Crippen LogP contribution >= 0.6 is 0 Å². The van der Waals surface area contributed by atoms with Gasteiger partial charge in [0.1, 0.15) is 12.7 Å². The van der Waals surface area contributed by atoms with E-state index in [9.17, 15) is 24.3 Å². The van der Waals surface area contributed by atoms with Crippen LogP contribution in [0.15, 0.2) is 0 Å². The van der Waals surface area contributed by atoms with Crippen molar-refractivity contribution in [3.05, 3.63) is 0 Å². The van der Waals surface area contributed by atoms with Crippen LogP contribution in [0.4, 0.5) is 19.2 Å². The van der Waals surface area contributed by atoms with Crippen molar-refractivity contribution in [2.45, 2.75) is 30.7 Å². The van der Waals surface area contributed by atoms with Gasteiger partial charge in [0.05, 0.1) is 0 Å². The number of carbonyl (C=O) groups excluding carboxylic acids is 4. The predicted octanol–water partition coefficient (Wildman–Crippen LogP) is -2.81. The van der Waals surface area contributed by atoms with Gasteiger partial charge in [0, 0.05) is 0 Å². The zero-order chi connectivity index (χ0) is 18.4. The summed E-state index contributed by atoms with van der Waals surface area (Å²) in [6, 6.07) is 0. The fourth-order valence-electron chi connectivity index (χ4n) is 2.00. The van der Waals surface area contributed by atoms with E-state index in [1.807, 2.05) is 0 Å². The third-order valence-electron chi connectivity index (χ3n) is 2.76. The zero-order valence-corrected chi connectivity index (χ0v) is 12.0. The van der Waals surface area contributed by atoms with E-state index in [0.717, 1.165) is 0 Å². The zero-order valence-electron chi connectivity index (χ0n) is 12.0. The number of primary amides is 4. The van der Waals surface area contributed by atoms with Crippen LogP contribution in [0.25, 0.3) is 0 Å². The summed E-state index contributed by atoms with van der Waals surface area (Å²) < 4.78 is 23.5. The van der Waals surface area contributed by atoms with E-state index < -0.39 is 61.7 Å². The highest BCUT2D eigenvalue weighted by Gasteiger charge is 2.52. The first kappa shape index (κ1) is 19.0. The summed E-state index contributed by atoms with van der Waals surface area (Å²) in [6.07, 6.45) is -13.5. The Morgan fingerprint density at radius 3 is 1.71 bits per heavy atom. The Balaban J connectivity index is 3.11. The molecule has 9 N–H and O–H groups in total. The Labute approximate surface area is 133 Å². The standard InChI is InChI=1S/C10H16N4O10/c11-7(16)20-1-2-3(22-8(12)17)4(23-9(13)18)5(6(15)21-2)24-10(14)19/h2-6,15H,1H2,(H2,11,16)(H2,12,17)(H2,13,18)(H2,14,19). The number of nitrogens with two attached hydrogens (primary N) is 4. The number of hydrogen-bond donors (Lipinski definition) is 5. The molecule has 5 unspecified atom stereocenters. The second-order valence-electron chi connectivity index (χ2n) is 4.40. The van der Waals surface area contributed by atoms with E-state index >= 15 is 0 Å². The first-order valence-corrected chi connectivity index (χ1v) is 6.25. The molecule has 1 aliphatic rings. The van der Waals surface area contributed by atoms with Gasteiger partial charge >= 0.3 is 24.4 Å². The maximum Gasteiger partial charge on any atom is 0.405 e. The van der Waals surface area contributed by atoms with Crippen LogP contribution in [0.2, 0.25) is 0 Å². The number of hydrogen-bond acceptors (Lipinski definition) is 10. The van der Waals surface area contributed by atoms with Gasteiger partial charge in [-0.2, -0.15) is 0 Å². The Hall–Kier alpha value is -3.00. The molecule has 1 rings (SSSR count). The number of amides is 4. The van der Waals surface area contributed by atoms with Crippen LogP contribution in [-0.2, 0) is 23.7 Å². The summed E-state index contributed by atoms with van der Waals surface area (Å²) in [5, 5.41) is 9.86. The predicted molar refractivity (Wildman–Crippen MR) is 69.8 cm³/mol. The largest absolute Gasteiger partial charge is 0.447 e. The molecule has 0 saturated carbocycles. The van der Waals surface area contributed by atoms with Gasteiger partial charge in [0.15, 0.2) is 24.6 Å². The molecule has 5 atom stereocenters.